The average Bonchev–Trinajstić information content (AvgIpc) is 3.09. The van der Waals surface area contributed by atoms with Crippen molar-refractivity contribution in [3.8, 4) is 0 Å². The second-order valence-corrected chi connectivity index (χ2v) is 10.4. The number of nitrogens with zero attached hydrogens (tertiary/aromatic N) is 1. The van der Waals surface area contributed by atoms with Gasteiger partial charge in [-0.3, -0.25) is 9.59 Å². The lowest BCUT2D eigenvalue weighted by Crippen LogP contribution is -2.55. The Hall–Kier alpha value is -0.710. The van der Waals surface area contributed by atoms with Crippen LogP contribution in [-0.2, 0) is 9.59 Å². The van der Waals surface area contributed by atoms with Gasteiger partial charge in [0.15, 0.2) is 0 Å². The molecule has 2 aliphatic heterocycles. The Morgan fingerprint density at radius 1 is 1.26 bits per heavy atom. The van der Waals surface area contributed by atoms with Gasteiger partial charge in [-0.1, -0.05) is 20.8 Å². The Morgan fingerprint density at radius 2 is 2.00 bits per heavy atom. The van der Waals surface area contributed by atoms with E-state index in [1.807, 2.05) is 4.90 Å². The largest absolute Gasteiger partial charge is 0.351 e. The van der Waals surface area contributed by atoms with Gasteiger partial charge in [-0.2, -0.15) is 0 Å². The fourth-order valence-corrected chi connectivity index (χ4v) is 7.14. The van der Waals surface area contributed by atoms with Gasteiger partial charge in [0.25, 0.3) is 0 Å². The van der Waals surface area contributed by atoms with Crippen molar-refractivity contribution >= 4 is 23.6 Å². The summed E-state index contributed by atoms with van der Waals surface area (Å²) in [7, 11) is 0. The summed E-state index contributed by atoms with van der Waals surface area (Å²) in [5.74, 6) is 1.68. The molecule has 2 saturated heterocycles. The lowest BCUT2D eigenvalue weighted by Gasteiger charge is -2.40. The monoisotopic (exact) mass is 336 g/mol. The topological polar surface area (TPSA) is 49.4 Å². The molecule has 0 aromatic heterocycles. The molecular weight excluding hydrogens is 308 g/mol. The number of nitrogens with one attached hydrogen (secondary N) is 1. The van der Waals surface area contributed by atoms with Gasteiger partial charge in [-0.15, -0.1) is 11.8 Å². The zero-order chi connectivity index (χ0) is 16.6. The molecule has 2 saturated carbocycles. The molecule has 5 atom stereocenters. The second-order valence-electron chi connectivity index (χ2n) is 8.94. The van der Waals surface area contributed by atoms with Crippen LogP contribution in [0.3, 0.4) is 0 Å². The Labute approximate surface area is 143 Å². The van der Waals surface area contributed by atoms with Crippen molar-refractivity contribution in [3.63, 3.8) is 0 Å². The van der Waals surface area contributed by atoms with Gasteiger partial charge in [0.05, 0.1) is 4.87 Å². The maximum absolute atomic E-state index is 12.9. The predicted molar refractivity (Wildman–Crippen MR) is 91.9 cm³/mol. The van der Waals surface area contributed by atoms with Crippen LogP contribution in [0.25, 0.3) is 0 Å². The van der Waals surface area contributed by atoms with E-state index in [2.05, 4.69) is 33.0 Å². The van der Waals surface area contributed by atoms with Crippen LogP contribution in [-0.4, -0.2) is 39.4 Å². The Kier molecular flexibility index (Phi) is 3.21. The van der Waals surface area contributed by atoms with Crippen molar-refractivity contribution in [1.82, 2.24) is 10.2 Å². The summed E-state index contributed by atoms with van der Waals surface area (Å²) in [5, 5.41) is 3.35. The molecule has 128 valence electrons. The summed E-state index contributed by atoms with van der Waals surface area (Å²) in [6, 6.07) is -0.0100. The van der Waals surface area contributed by atoms with Crippen molar-refractivity contribution in [3.05, 3.63) is 0 Å². The number of fused-ring (bicyclic) bond motifs is 3. The number of thioether (sulfide) groups is 1. The molecule has 1 N–H and O–H groups in total. The minimum Gasteiger partial charge on any atom is -0.351 e. The highest BCUT2D eigenvalue weighted by molar-refractivity contribution is 8.01. The highest BCUT2D eigenvalue weighted by Crippen LogP contribution is 2.65. The van der Waals surface area contributed by atoms with Crippen molar-refractivity contribution in [2.75, 3.05) is 5.75 Å². The van der Waals surface area contributed by atoms with Crippen LogP contribution in [0.2, 0.25) is 0 Å². The molecule has 4 nitrogen and oxygen atoms in total. The molecule has 2 aliphatic carbocycles. The van der Waals surface area contributed by atoms with Gasteiger partial charge < -0.3 is 10.2 Å². The van der Waals surface area contributed by atoms with Gasteiger partial charge in [0.1, 0.15) is 6.04 Å². The highest BCUT2D eigenvalue weighted by atomic mass is 32.2. The highest BCUT2D eigenvalue weighted by Gasteiger charge is 2.62. The number of amides is 2. The summed E-state index contributed by atoms with van der Waals surface area (Å²) in [6.07, 6.45) is 5.05. The maximum atomic E-state index is 12.9. The number of hydrogen-bond donors (Lipinski definition) is 1. The second kappa shape index (κ2) is 4.68. The number of carbonyl (C=O) groups is 2. The Bertz CT molecular complexity index is 577. The van der Waals surface area contributed by atoms with Crippen molar-refractivity contribution < 1.29 is 9.59 Å². The first kappa shape index (κ1) is 15.8. The van der Waals surface area contributed by atoms with Crippen LogP contribution >= 0.6 is 11.8 Å². The van der Waals surface area contributed by atoms with E-state index >= 15 is 0 Å². The smallest absolute Gasteiger partial charge is 0.243 e. The number of rotatable bonds is 2. The summed E-state index contributed by atoms with van der Waals surface area (Å²) in [5.41, 5.74) is 0.491. The third kappa shape index (κ3) is 1.92. The van der Waals surface area contributed by atoms with E-state index < -0.39 is 0 Å². The van der Waals surface area contributed by atoms with E-state index in [9.17, 15) is 9.59 Å². The molecule has 0 spiro atoms. The first-order chi connectivity index (χ1) is 10.7. The van der Waals surface area contributed by atoms with E-state index in [-0.39, 0.29) is 34.2 Å². The fourth-order valence-electron chi connectivity index (χ4n) is 5.70. The zero-order valence-electron chi connectivity index (χ0n) is 14.6. The predicted octanol–water partition coefficient (Wildman–Crippen LogP) is 2.77. The zero-order valence-corrected chi connectivity index (χ0v) is 15.5. The van der Waals surface area contributed by atoms with Crippen molar-refractivity contribution in [2.45, 2.75) is 76.8 Å². The van der Waals surface area contributed by atoms with Crippen molar-refractivity contribution in [1.29, 1.82) is 0 Å². The lowest BCUT2D eigenvalue weighted by molar-refractivity contribution is -0.138. The Morgan fingerprint density at radius 3 is 2.61 bits per heavy atom. The third-order valence-corrected chi connectivity index (χ3v) is 9.36. The molecule has 5 heteroatoms. The molecule has 0 aromatic carbocycles. The number of hydrogen-bond acceptors (Lipinski definition) is 3. The minimum atomic E-state index is -0.272. The van der Waals surface area contributed by atoms with E-state index in [4.69, 9.17) is 0 Å². The summed E-state index contributed by atoms with van der Waals surface area (Å²) in [4.78, 5) is 26.9. The van der Waals surface area contributed by atoms with E-state index in [1.54, 1.807) is 11.8 Å². The van der Waals surface area contributed by atoms with E-state index in [1.165, 1.54) is 12.8 Å². The normalized spacial score (nSPS) is 47.2. The quantitative estimate of drug-likeness (QED) is 0.843. The first-order valence-electron chi connectivity index (χ1n) is 8.95. The van der Waals surface area contributed by atoms with Gasteiger partial charge in [-0.25, -0.2) is 0 Å². The van der Waals surface area contributed by atoms with Crippen LogP contribution in [0.1, 0.15) is 59.8 Å². The Balaban J connectivity index is 1.51. The summed E-state index contributed by atoms with van der Waals surface area (Å²) < 4.78 is 0. The molecule has 2 amide bonds. The molecule has 4 aliphatic rings. The fraction of sp³-hybridized carbons (Fsp3) is 0.889. The SMILES string of the molecule is CC1(C)[C@H]2CC[C@]1(C)[C@H](NC(=O)[C@@H]1CS[C@@]3(C)CCC(=O)N13)C2. The van der Waals surface area contributed by atoms with Crippen LogP contribution in [0.4, 0.5) is 0 Å². The van der Waals surface area contributed by atoms with Crippen LogP contribution in [0.15, 0.2) is 0 Å². The van der Waals surface area contributed by atoms with Gasteiger partial charge >= 0.3 is 0 Å². The minimum absolute atomic E-state index is 0.0750. The molecule has 23 heavy (non-hydrogen) atoms. The van der Waals surface area contributed by atoms with E-state index in [0.717, 1.165) is 24.5 Å². The third-order valence-electron chi connectivity index (χ3n) is 7.86. The van der Waals surface area contributed by atoms with Crippen LogP contribution < -0.4 is 5.32 Å². The molecule has 2 heterocycles. The van der Waals surface area contributed by atoms with E-state index in [0.29, 0.717) is 11.8 Å². The first-order valence-corrected chi connectivity index (χ1v) is 9.94. The lowest BCUT2D eigenvalue weighted by atomic mass is 9.69. The molecule has 2 bridgehead atoms. The molecule has 0 radical (unpaired) electrons. The molecule has 0 unspecified atom stereocenters. The van der Waals surface area contributed by atoms with Gasteiger partial charge in [0, 0.05) is 18.2 Å². The molecule has 0 aromatic rings. The molecule has 4 fully saturated rings. The number of carbonyl (C=O) groups excluding carboxylic acids is 2. The van der Waals surface area contributed by atoms with Crippen molar-refractivity contribution in [2.24, 2.45) is 16.7 Å². The van der Waals surface area contributed by atoms with Gasteiger partial charge in [0.2, 0.25) is 11.8 Å². The molecular formula is C18H28N2O2S. The maximum Gasteiger partial charge on any atom is 0.243 e. The van der Waals surface area contributed by atoms with Gasteiger partial charge in [-0.05, 0) is 49.4 Å². The standard InChI is InChI=1S/C18H28N2O2S/c1-16(2)11-5-7-17(16,3)13(9-11)19-15(22)12-10-23-18(4)8-6-14(21)20(12)18/h11-13H,5-10H2,1-4H3,(H,19,22)/t11-,12-,13+,17+,18-/m0/s1. The average molecular weight is 337 g/mol. The molecule has 4 rings (SSSR count). The van der Waals surface area contributed by atoms with Crippen LogP contribution in [0.5, 0.6) is 0 Å². The van der Waals surface area contributed by atoms with Crippen LogP contribution in [0, 0.1) is 16.7 Å². The summed E-state index contributed by atoms with van der Waals surface area (Å²) >= 11 is 1.77. The summed E-state index contributed by atoms with van der Waals surface area (Å²) in [6.45, 7) is 9.18.